The Hall–Kier alpha value is -3.64. The molecule has 2 aromatic carbocycles. The number of morpholine rings is 1. The first-order valence-electron chi connectivity index (χ1n) is 12.4. The first kappa shape index (κ1) is 27.4. The number of rotatable bonds is 10. The molecule has 4 N–H and O–H groups in total. The monoisotopic (exact) mass is 524 g/mol. The van der Waals surface area contributed by atoms with Crippen LogP contribution in [0.2, 0.25) is 0 Å². The topological polar surface area (TPSA) is 131 Å². The molecule has 2 aromatic rings. The maximum absolute atomic E-state index is 15.3. The number of phenolic OH excluding ortho intramolecular Hbond substituents is 2. The number of anilines is 1. The average molecular weight is 524 g/mol. The number of nitrogens with zero attached hydrogens (tertiary/aromatic N) is 2. The Kier molecular flexibility index (Phi) is 8.53. The number of amides is 2. The maximum atomic E-state index is 15.3. The molecule has 0 aromatic heterocycles. The number of aldehydes is 1. The molecule has 2 heterocycles. The van der Waals surface area contributed by atoms with Gasteiger partial charge in [-0.3, -0.25) is 14.5 Å². The Morgan fingerprint density at radius 3 is 2.66 bits per heavy atom. The lowest BCUT2D eigenvalue weighted by atomic mass is 9.86. The molecular formula is C26H30BFN4O6. The van der Waals surface area contributed by atoms with Gasteiger partial charge in [0.05, 0.1) is 18.8 Å². The molecule has 10 nitrogen and oxygen atoms in total. The zero-order valence-corrected chi connectivity index (χ0v) is 21.1. The minimum atomic E-state index is -0.935. The van der Waals surface area contributed by atoms with Crippen LogP contribution in [0.5, 0.6) is 11.5 Å². The minimum Gasteiger partial charge on any atom is -0.508 e. The zero-order valence-electron chi connectivity index (χ0n) is 21.1. The highest BCUT2D eigenvalue weighted by molar-refractivity contribution is 6.35. The Morgan fingerprint density at radius 1 is 1.24 bits per heavy atom. The Bertz CT molecular complexity index is 1210. The van der Waals surface area contributed by atoms with Gasteiger partial charge in [0.25, 0.3) is 5.91 Å². The van der Waals surface area contributed by atoms with Crippen LogP contribution in [0.15, 0.2) is 18.2 Å². The van der Waals surface area contributed by atoms with Crippen LogP contribution < -0.4 is 16.1 Å². The quantitative estimate of drug-likeness (QED) is 0.262. The molecule has 12 heteroatoms. The number of ether oxygens (including phenoxy) is 1. The molecule has 200 valence electrons. The number of likely N-dealkylation sites (N-methyl/N-ethyl adjacent to an activating group) is 1. The van der Waals surface area contributed by atoms with E-state index in [0.29, 0.717) is 49.4 Å². The fourth-order valence-corrected chi connectivity index (χ4v) is 4.89. The van der Waals surface area contributed by atoms with Crippen LogP contribution in [0.1, 0.15) is 39.9 Å². The van der Waals surface area contributed by atoms with E-state index in [0.717, 1.165) is 0 Å². The van der Waals surface area contributed by atoms with Crippen molar-refractivity contribution in [3.63, 3.8) is 0 Å². The second kappa shape index (κ2) is 11.8. The number of carbonyl (C=O) groups is 3. The second-order valence-corrected chi connectivity index (χ2v) is 9.26. The summed E-state index contributed by atoms with van der Waals surface area (Å²) in [5.41, 5.74) is 1.22. The number of fused-ring (bicyclic) bond motifs is 1. The van der Waals surface area contributed by atoms with E-state index in [1.807, 2.05) is 4.90 Å². The summed E-state index contributed by atoms with van der Waals surface area (Å²) in [6.45, 7) is 2.22. The van der Waals surface area contributed by atoms with Crippen molar-refractivity contribution in [1.82, 2.24) is 15.1 Å². The van der Waals surface area contributed by atoms with Crippen molar-refractivity contribution in [3.8, 4) is 11.5 Å². The summed E-state index contributed by atoms with van der Waals surface area (Å²) in [5.74, 6) is -2.70. The summed E-state index contributed by atoms with van der Waals surface area (Å²) in [5, 5.41) is 26.8. The fourth-order valence-electron chi connectivity index (χ4n) is 4.89. The Morgan fingerprint density at radius 2 is 1.97 bits per heavy atom. The van der Waals surface area contributed by atoms with Crippen LogP contribution >= 0.6 is 0 Å². The molecule has 1 saturated heterocycles. The van der Waals surface area contributed by atoms with Gasteiger partial charge in [-0.1, -0.05) is 6.07 Å². The lowest BCUT2D eigenvalue weighted by Gasteiger charge is -2.28. The van der Waals surface area contributed by atoms with Crippen molar-refractivity contribution >= 4 is 37.1 Å². The number of benzene rings is 2. The van der Waals surface area contributed by atoms with E-state index in [9.17, 15) is 24.6 Å². The van der Waals surface area contributed by atoms with Crippen molar-refractivity contribution in [2.45, 2.75) is 38.5 Å². The molecule has 0 aliphatic carbocycles. The Labute approximate surface area is 221 Å². The van der Waals surface area contributed by atoms with Gasteiger partial charge < -0.3 is 35.3 Å². The fraction of sp³-hybridized carbons (Fsp3) is 0.423. The van der Waals surface area contributed by atoms with Crippen molar-refractivity contribution in [3.05, 3.63) is 46.3 Å². The lowest BCUT2D eigenvalue weighted by molar-refractivity contribution is -0.125. The third kappa shape index (κ3) is 5.32. The molecule has 38 heavy (non-hydrogen) atoms. The summed E-state index contributed by atoms with van der Waals surface area (Å²) in [7, 11) is 7.56. The van der Waals surface area contributed by atoms with Crippen LogP contribution in [-0.2, 0) is 34.0 Å². The molecule has 1 atom stereocenters. The van der Waals surface area contributed by atoms with Crippen LogP contribution in [-0.4, -0.2) is 85.4 Å². The van der Waals surface area contributed by atoms with Gasteiger partial charge >= 0.3 is 0 Å². The molecule has 0 spiro atoms. The van der Waals surface area contributed by atoms with E-state index in [2.05, 4.69) is 10.6 Å². The molecule has 0 saturated carbocycles. The third-order valence-corrected chi connectivity index (χ3v) is 7.04. The van der Waals surface area contributed by atoms with Gasteiger partial charge in [-0.15, -0.1) is 0 Å². The number of halogens is 1. The Balaban J connectivity index is 1.56. The largest absolute Gasteiger partial charge is 0.508 e. The molecule has 4 rings (SSSR count). The first-order valence-corrected chi connectivity index (χ1v) is 12.4. The van der Waals surface area contributed by atoms with E-state index in [1.165, 1.54) is 11.9 Å². The van der Waals surface area contributed by atoms with Gasteiger partial charge in [0.2, 0.25) is 5.91 Å². The van der Waals surface area contributed by atoms with Crippen LogP contribution in [0.3, 0.4) is 0 Å². The molecule has 0 bridgehead atoms. The summed E-state index contributed by atoms with van der Waals surface area (Å²) in [6, 6.07) is 4.18. The van der Waals surface area contributed by atoms with Gasteiger partial charge in [-0.05, 0) is 24.0 Å². The number of hydrogen-bond donors (Lipinski definition) is 4. The first-order chi connectivity index (χ1) is 18.3. The van der Waals surface area contributed by atoms with Gasteiger partial charge in [-0.25, -0.2) is 4.39 Å². The van der Waals surface area contributed by atoms with Crippen molar-refractivity contribution in [2.75, 3.05) is 38.7 Å². The number of carbonyl (C=O) groups excluding carboxylic acids is 3. The molecule has 1 unspecified atom stereocenters. The highest BCUT2D eigenvalue weighted by atomic mass is 19.1. The van der Waals surface area contributed by atoms with E-state index in [4.69, 9.17) is 12.6 Å². The molecular weight excluding hydrogens is 494 g/mol. The predicted octanol–water partition coefficient (Wildman–Crippen LogP) is 0.525. The van der Waals surface area contributed by atoms with Gasteiger partial charge in [0.15, 0.2) is 11.6 Å². The number of hydrogen-bond acceptors (Lipinski definition) is 8. The van der Waals surface area contributed by atoms with E-state index >= 15 is 4.39 Å². The van der Waals surface area contributed by atoms with Crippen LogP contribution in [0, 0.1) is 5.82 Å². The number of phenols is 2. The van der Waals surface area contributed by atoms with Crippen LogP contribution in [0.25, 0.3) is 0 Å². The van der Waals surface area contributed by atoms with Gasteiger partial charge in [0, 0.05) is 68.6 Å². The van der Waals surface area contributed by atoms with E-state index in [1.54, 1.807) is 18.2 Å². The molecule has 2 radical (unpaired) electrons. The summed E-state index contributed by atoms with van der Waals surface area (Å²) in [4.78, 5) is 39.8. The van der Waals surface area contributed by atoms with Crippen LogP contribution in [0.4, 0.5) is 10.1 Å². The molecule has 1 fully saturated rings. The summed E-state index contributed by atoms with van der Waals surface area (Å²) >= 11 is 0. The van der Waals surface area contributed by atoms with E-state index in [-0.39, 0.29) is 66.6 Å². The molecule has 2 aliphatic rings. The normalized spacial score (nSPS) is 16.3. The SMILES string of the molecule is [B]c1c(O)c(CN2CCOCC2)c(O)c(F)c1CNc1cccc2c1CN(C(CCC=O)C(=O)NC)C2=O. The van der Waals surface area contributed by atoms with E-state index < -0.39 is 17.6 Å². The molecule has 2 aliphatic heterocycles. The van der Waals surface area contributed by atoms with Crippen molar-refractivity contribution < 1.29 is 33.7 Å². The maximum Gasteiger partial charge on any atom is 0.255 e. The lowest BCUT2D eigenvalue weighted by Crippen LogP contribution is -2.46. The average Bonchev–Trinajstić information content (AvgIpc) is 3.27. The van der Waals surface area contributed by atoms with Crippen molar-refractivity contribution in [1.29, 1.82) is 0 Å². The second-order valence-electron chi connectivity index (χ2n) is 9.26. The summed E-state index contributed by atoms with van der Waals surface area (Å²) < 4.78 is 20.6. The zero-order chi connectivity index (χ0) is 27.4. The summed E-state index contributed by atoms with van der Waals surface area (Å²) in [6.07, 6.45) is 1.01. The smallest absolute Gasteiger partial charge is 0.255 e. The number of nitrogens with one attached hydrogen (secondary N) is 2. The highest BCUT2D eigenvalue weighted by Gasteiger charge is 2.37. The van der Waals surface area contributed by atoms with Gasteiger partial charge in [-0.2, -0.15) is 0 Å². The third-order valence-electron chi connectivity index (χ3n) is 7.04. The van der Waals surface area contributed by atoms with Crippen molar-refractivity contribution in [2.24, 2.45) is 0 Å². The standard InChI is InChI=1S/C26H30BFN4O6/c1-29-25(36)20(6-3-9-33)32-14-17-15(26(32)37)4-2-5-19(17)30-12-16-21(27)23(34)18(24(35)22(16)28)13-31-7-10-38-11-8-31/h2,4-5,9,20,30,34-35H,3,6-8,10-14H2,1H3,(H,29,36). The molecule has 2 amide bonds. The number of aromatic hydroxyl groups is 2. The minimum absolute atomic E-state index is 0.0167. The highest BCUT2D eigenvalue weighted by Crippen LogP contribution is 2.34. The van der Waals surface area contributed by atoms with Gasteiger partial charge in [0.1, 0.15) is 25.9 Å². The predicted molar refractivity (Wildman–Crippen MR) is 138 cm³/mol.